The minimum Gasteiger partial charge on any atom is -0.396 e. The molecule has 1 aromatic heterocycles. The minimum atomic E-state index is 0.434. The van der Waals surface area contributed by atoms with Crippen molar-refractivity contribution in [1.82, 2.24) is 4.98 Å². The third-order valence-corrected chi connectivity index (χ3v) is 2.79. The molecule has 0 aliphatic heterocycles. The summed E-state index contributed by atoms with van der Waals surface area (Å²) in [6.45, 7) is 0. The van der Waals surface area contributed by atoms with Crippen LogP contribution in [0.25, 0.3) is 11.1 Å². The van der Waals surface area contributed by atoms with Crippen LogP contribution in [-0.2, 0) is 0 Å². The molecule has 16 heavy (non-hydrogen) atoms. The maximum absolute atomic E-state index is 6.08. The Morgan fingerprint density at radius 3 is 2.44 bits per heavy atom. The predicted octanol–water partition coefficient (Wildman–Crippen LogP) is 3.22. The van der Waals surface area contributed by atoms with E-state index >= 15 is 0 Å². The summed E-state index contributed by atoms with van der Waals surface area (Å²) in [6, 6.07) is 5.18. The van der Waals surface area contributed by atoms with Crippen LogP contribution >= 0.6 is 23.2 Å². The zero-order valence-electron chi connectivity index (χ0n) is 8.24. The second-order valence-electron chi connectivity index (χ2n) is 3.31. The van der Waals surface area contributed by atoms with Gasteiger partial charge in [-0.15, -0.1) is 0 Å². The van der Waals surface area contributed by atoms with Gasteiger partial charge in [0.1, 0.15) is 0 Å². The van der Waals surface area contributed by atoms with Gasteiger partial charge in [0.05, 0.1) is 22.6 Å². The highest BCUT2D eigenvalue weighted by molar-refractivity contribution is 6.36. The topological polar surface area (TPSA) is 64.9 Å². The molecule has 0 atom stereocenters. The Morgan fingerprint density at radius 1 is 1.00 bits per heavy atom. The fourth-order valence-electron chi connectivity index (χ4n) is 1.41. The number of rotatable bonds is 1. The normalized spacial score (nSPS) is 10.4. The van der Waals surface area contributed by atoms with Gasteiger partial charge in [-0.2, -0.15) is 0 Å². The molecule has 0 unspecified atom stereocenters. The van der Waals surface area contributed by atoms with Crippen molar-refractivity contribution in [3.63, 3.8) is 0 Å². The van der Waals surface area contributed by atoms with Crippen LogP contribution < -0.4 is 11.5 Å². The molecule has 2 rings (SSSR count). The molecule has 0 radical (unpaired) electrons. The molecule has 0 amide bonds. The van der Waals surface area contributed by atoms with E-state index in [1.807, 2.05) is 0 Å². The number of aromatic nitrogens is 1. The Hall–Kier alpha value is -1.45. The van der Waals surface area contributed by atoms with Crippen molar-refractivity contribution in [1.29, 1.82) is 0 Å². The lowest BCUT2D eigenvalue weighted by molar-refractivity contribution is 1.33. The molecule has 0 bridgehead atoms. The first kappa shape index (κ1) is 11.0. The molecule has 5 heteroatoms. The van der Waals surface area contributed by atoms with Crippen LogP contribution in [0.5, 0.6) is 0 Å². The van der Waals surface area contributed by atoms with Crippen LogP contribution in [0.3, 0.4) is 0 Å². The quantitative estimate of drug-likeness (QED) is 0.821. The number of pyridine rings is 1. The number of nitrogens with zero attached hydrogens (tertiary/aromatic N) is 1. The molecule has 0 aliphatic carbocycles. The van der Waals surface area contributed by atoms with E-state index in [1.54, 1.807) is 24.4 Å². The van der Waals surface area contributed by atoms with E-state index < -0.39 is 0 Å². The number of benzene rings is 1. The van der Waals surface area contributed by atoms with Gasteiger partial charge in [0.15, 0.2) is 0 Å². The van der Waals surface area contributed by atoms with E-state index in [1.165, 1.54) is 6.20 Å². The first-order valence-corrected chi connectivity index (χ1v) is 5.29. The molecule has 0 fully saturated rings. The first-order chi connectivity index (χ1) is 7.59. The zero-order chi connectivity index (χ0) is 11.7. The van der Waals surface area contributed by atoms with Crippen molar-refractivity contribution in [3.8, 4) is 11.1 Å². The van der Waals surface area contributed by atoms with Gasteiger partial charge in [-0.3, -0.25) is 4.98 Å². The summed E-state index contributed by atoms with van der Waals surface area (Å²) in [5.41, 5.74) is 13.9. The Balaban J connectivity index is 2.63. The lowest BCUT2D eigenvalue weighted by atomic mass is 10.1. The molecule has 0 aliphatic rings. The molecular formula is C11H9Cl2N3. The van der Waals surface area contributed by atoms with Crippen molar-refractivity contribution in [2.45, 2.75) is 0 Å². The van der Waals surface area contributed by atoms with Crippen molar-refractivity contribution in [2.24, 2.45) is 0 Å². The third kappa shape index (κ3) is 1.92. The molecule has 0 spiro atoms. The van der Waals surface area contributed by atoms with Crippen molar-refractivity contribution >= 4 is 34.6 Å². The molecule has 1 heterocycles. The lowest BCUT2D eigenvalue weighted by Gasteiger charge is -2.09. The predicted molar refractivity (Wildman–Crippen MR) is 68.5 cm³/mol. The SMILES string of the molecule is Nc1cncc(-c2ccc(Cl)cc2Cl)c1N. The summed E-state index contributed by atoms with van der Waals surface area (Å²) in [4.78, 5) is 3.99. The average Bonchev–Trinajstić information content (AvgIpc) is 2.23. The van der Waals surface area contributed by atoms with E-state index in [9.17, 15) is 0 Å². The third-order valence-electron chi connectivity index (χ3n) is 2.24. The highest BCUT2D eigenvalue weighted by atomic mass is 35.5. The van der Waals surface area contributed by atoms with E-state index in [4.69, 9.17) is 34.7 Å². The molecule has 0 saturated heterocycles. The van der Waals surface area contributed by atoms with Gasteiger partial charge in [-0.25, -0.2) is 0 Å². The Kier molecular flexibility index (Phi) is 2.90. The second-order valence-corrected chi connectivity index (χ2v) is 4.16. The van der Waals surface area contributed by atoms with Gasteiger partial charge < -0.3 is 11.5 Å². The maximum atomic E-state index is 6.08. The fraction of sp³-hybridized carbons (Fsp3) is 0. The number of anilines is 2. The van der Waals surface area contributed by atoms with Crippen molar-refractivity contribution < 1.29 is 0 Å². The summed E-state index contributed by atoms with van der Waals surface area (Å²) in [5.74, 6) is 0. The number of hydrogen-bond donors (Lipinski definition) is 2. The molecule has 2 aromatic rings. The molecule has 4 N–H and O–H groups in total. The molecule has 1 aromatic carbocycles. The van der Waals surface area contributed by atoms with E-state index in [-0.39, 0.29) is 0 Å². The monoisotopic (exact) mass is 253 g/mol. The van der Waals surface area contributed by atoms with Crippen LogP contribution in [-0.4, -0.2) is 4.98 Å². The highest BCUT2D eigenvalue weighted by Gasteiger charge is 2.09. The minimum absolute atomic E-state index is 0.434. The van der Waals surface area contributed by atoms with E-state index in [0.717, 1.165) is 5.56 Å². The smallest absolute Gasteiger partial charge is 0.0740 e. The molecule has 82 valence electrons. The van der Waals surface area contributed by atoms with Crippen LogP contribution in [0.1, 0.15) is 0 Å². The molecule has 3 nitrogen and oxygen atoms in total. The van der Waals surface area contributed by atoms with Crippen LogP contribution in [0.2, 0.25) is 10.0 Å². The lowest BCUT2D eigenvalue weighted by Crippen LogP contribution is -1.98. The Labute approximate surface area is 103 Å². The number of nitrogens with two attached hydrogens (primary N) is 2. The van der Waals surface area contributed by atoms with E-state index in [2.05, 4.69) is 4.98 Å². The van der Waals surface area contributed by atoms with Gasteiger partial charge in [0.2, 0.25) is 0 Å². The summed E-state index contributed by atoms with van der Waals surface area (Å²) in [5, 5.41) is 1.09. The molecular weight excluding hydrogens is 245 g/mol. The Bertz CT molecular complexity index is 541. The highest BCUT2D eigenvalue weighted by Crippen LogP contribution is 2.35. The second kappa shape index (κ2) is 4.20. The van der Waals surface area contributed by atoms with Gasteiger partial charge >= 0.3 is 0 Å². The van der Waals surface area contributed by atoms with Gasteiger partial charge in [0, 0.05) is 22.3 Å². The van der Waals surface area contributed by atoms with Gasteiger partial charge in [-0.1, -0.05) is 29.3 Å². The van der Waals surface area contributed by atoms with Crippen LogP contribution in [0.4, 0.5) is 11.4 Å². The summed E-state index contributed by atoms with van der Waals surface area (Å²) in [7, 11) is 0. The zero-order valence-corrected chi connectivity index (χ0v) is 9.76. The average molecular weight is 254 g/mol. The van der Waals surface area contributed by atoms with E-state index in [0.29, 0.717) is 27.0 Å². The maximum Gasteiger partial charge on any atom is 0.0740 e. The van der Waals surface area contributed by atoms with Gasteiger partial charge in [0.25, 0.3) is 0 Å². The largest absolute Gasteiger partial charge is 0.396 e. The summed E-state index contributed by atoms with van der Waals surface area (Å²) in [6.07, 6.45) is 3.13. The summed E-state index contributed by atoms with van der Waals surface area (Å²) >= 11 is 11.9. The molecule has 0 saturated carbocycles. The van der Waals surface area contributed by atoms with Crippen LogP contribution in [0.15, 0.2) is 30.6 Å². The van der Waals surface area contributed by atoms with Crippen molar-refractivity contribution in [3.05, 3.63) is 40.6 Å². The van der Waals surface area contributed by atoms with Crippen LogP contribution in [0, 0.1) is 0 Å². The summed E-state index contributed by atoms with van der Waals surface area (Å²) < 4.78 is 0. The standard InChI is InChI=1S/C11H9Cl2N3/c12-6-1-2-7(9(13)3-6)8-4-16-5-10(14)11(8)15/h1-5H,14H2,(H2,15,16). The number of nitrogen functional groups attached to an aromatic ring is 2. The first-order valence-electron chi connectivity index (χ1n) is 4.54. The fourth-order valence-corrected chi connectivity index (χ4v) is 1.92. The van der Waals surface area contributed by atoms with Gasteiger partial charge in [-0.05, 0) is 12.1 Å². The number of halogens is 2. The number of hydrogen-bond acceptors (Lipinski definition) is 3. The van der Waals surface area contributed by atoms with Crippen molar-refractivity contribution in [2.75, 3.05) is 11.5 Å². The Morgan fingerprint density at radius 2 is 1.75 bits per heavy atom.